The molecule has 3 aromatic carbocycles. The van der Waals surface area contributed by atoms with Gasteiger partial charge in [0.05, 0.1) is 12.1 Å². The summed E-state index contributed by atoms with van der Waals surface area (Å²) in [5.74, 6) is 1.59. The average Bonchev–Trinajstić information content (AvgIpc) is 3.61. The second-order valence-electron chi connectivity index (χ2n) is 9.08. The molecule has 0 fully saturated rings. The molecule has 0 bridgehead atoms. The molecule has 0 radical (unpaired) electrons. The maximum absolute atomic E-state index is 6.00. The van der Waals surface area contributed by atoms with Gasteiger partial charge in [-0.2, -0.15) is 0 Å². The van der Waals surface area contributed by atoms with Gasteiger partial charge in [-0.15, -0.1) is 0 Å². The smallest absolute Gasteiger partial charge is 0.217 e. The summed E-state index contributed by atoms with van der Waals surface area (Å²) < 4.78 is 12.0. The van der Waals surface area contributed by atoms with E-state index in [1.165, 1.54) is 33.4 Å². The number of aryl methyl sites for hydroxylation is 2. The van der Waals surface area contributed by atoms with Gasteiger partial charge in [-0.3, -0.25) is 0 Å². The molecule has 3 aromatic rings. The number of aliphatic imine (C=N–C) groups is 2. The van der Waals surface area contributed by atoms with Gasteiger partial charge in [-0.25, -0.2) is 9.98 Å². The van der Waals surface area contributed by atoms with Gasteiger partial charge in [0.25, 0.3) is 0 Å². The normalized spacial score (nSPS) is 24.8. The van der Waals surface area contributed by atoms with E-state index in [9.17, 15) is 0 Å². The fourth-order valence-corrected chi connectivity index (χ4v) is 5.74. The van der Waals surface area contributed by atoms with Crippen LogP contribution in [0.1, 0.15) is 69.4 Å². The monoisotopic (exact) mass is 420 g/mol. The molecule has 4 aliphatic rings. The highest BCUT2D eigenvalue weighted by Gasteiger charge is 2.35. The highest BCUT2D eigenvalue weighted by molar-refractivity contribution is 5.98. The van der Waals surface area contributed by atoms with Crippen LogP contribution in [-0.2, 0) is 35.5 Å². The lowest BCUT2D eigenvalue weighted by Gasteiger charge is -2.17. The van der Waals surface area contributed by atoms with E-state index < -0.39 is 0 Å². The molecule has 0 saturated carbocycles. The van der Waals surface area contributed by atoms with E-state index in [0.717, 1.165) is 48.6 Å². The molecule has 0 saturated heterocycles. The molecule has 4 nitrogen and oxygen atoms in total. The van der Waals surface area contributed by atoms with Crippen molar-refractivity contribution in [3.8, 4) is 0 Å². The van der Waals surface area contributed by atoms with E-state index in [4.69, 9.17) is 19.5 Å². The first-order valence-corrected chi connectivity index (χ1v) is 11.6. The third kappa shape index (κ3) is 2.75. The zero-order valence-corrected chi connectivity index (χ0v) is 17.9. The minimum atomic E-state index is 0.138. The van der Waals surface area contributed by atoms with Crippen LogP contribution in [0.5, 0.6) is 0 Å². The fourth-order valence-electron chi connectivity index (χ4n) is 5.74. The van der Waals surface area contributed by atoms with Gasteiger partial charge in [0.2, 0.25) is 11.8 Å². The van der Waals surface area contributed by atoms with Crippen molar-refractivity contribution in [2.45, 2.75) is 51.0 Å². The van der Waals surface area contributed by atoms with Gasteiger partial charge in [-0.1, -0.05) is 48.5 Å². The number of benzene rings is 3. The lowest BCUT2D eigenvalue weighted by Crippen LogP contribution is -2.07. The summed E-state index contributed by atoms with van der Waals surface area (Å²) in [5.41, 5.74) is 10.4. The van der Waals surface area contributed by atoms with Crippen molar-refractivity contribution in [1.82, 2.24) is 0 Å². The van der Waals surface area contributed by atoms with Crippen molar-refractivity contribution < 1.29 is 9.47 Å². The van der Waals surface area contributed by atoms with Crippen molar-refractivity contribution in [3.63, 3.8) is 0 Å². The molecule has 2 aliphatic carbocycles. The lowest BCUT2D eigenvalue weighted by atomic mass is 9.95. The molecule has 2 aliphatic heterocycles. The Morgan fingerprint density at radius 3 is 1.53 bits per heavy atom. The van der Waals surface area contributed by atoms with Crippen molar-refractivity contribution in [3.05, 3.63) is 105 Å². The van der Waals surface area contributed by atoms with Crippen LogP contribution < -0.4 is 0 Å². The molecule has 0 spiro atoms. The Balaban J connectivity index is 1.29. The quantitative estimate of drug-likeness (QED) is 0.540. The topological polar surface area (TPSA) is 43.2 Å². The molecule has 158 valence electrons. The minimum absolute atomic E-state index is 0.138. The molecular weight excluding hydrogens is 396 g/mol. The maximum atomic E-state index is 6.00. The molecule has 4 heteroatoms. The Bertz CT molecular complexity index is 1210. The summed E-state index contributed by atoms with van der Waals surface area (Å²) in [7, 11) is 0. The number of nitrogens with zero attached hydrogens (tertiary/aromatic N) is 2. The summed E-state index contributed by atoms with van der Waals surface area (Å²) in [6.45, 7) is 1.24. The standard InChI is InChI=1S/C28H24N2O2/c1-3-7-21-19(5-1)15-31-27(21)29-23-13-11-17-9-10-18-12-14-24(26(18)25(17)23)30-28-22-8-4-2-6-20(22)16-32-28/h1-10,23-24H,11-16H2/b29-27-,30-28-/t23-,24-/m1/s1. The van der Waals surface area contributed by atoms with Gasteiger partial charge in [0, 0.05) is 22.3 Å². The molecule has 7 rings (SSSR count). The second-order valence-corrected chi connectivity index (χ2v) is 9.08. The minimum Gasteiger partial charge on any atom is -0.473 e. The first-order chi connectivity index (χ1) is 15.8. The molecule has 0 N–H and O–H groups in total. The van der Waals surface area contributed by atoms with Crippen molar-refractivity contribution in [2.75, 3.05) is 0 Å². The van der Waals surface area contributed by atoms with Crippen molar-refractivity contribution in [2.24, 2.45) is 9.98 Å². The molecule has 2 heterocycles. The van der Waals surface area contributed by atoms with E-state index in [-0.39, 0.29) is 12.1 Å². The Kier molecular flexibility index (Phi) is 4.01. The third-order valence-electron chi connectivity index (χ3n) is 7.28. The Labute approximate surface area is 187 Å². The first-order valence-electron chi connectivity index (χ1n) is 11.6. The maximum Gasteiger partial charge on any atom is 0.217 e. The second kappa shape index (κ2) is 7.06. The van der Waals surface area contributed by atoms with E-state index in [1.54, 1.807) is 0 Å². The Morgan fingerprint density at radius 1 is 0.562 bits per heavy atom. The van der Waals surface area contributed by atoms with Crippen molar-refractivity contribution >= 4 is 11.8 Å². The number of fused-ring (bicyclic) bond motifs is 5. The zero-order chi connectivity index (χ0) is 21.1. The number of rotatable bonds is 2. The highest BCUT2D eigenvalue weighted by Crippen LogP contribution is 2.46. The summed E-state index contributed by atoms with van der Waals surface area (Å²) in [6.07, 6.45) is 4.19. The Hall–Kier alpha value is -3.40. The largest absolute Gasteiger partial charge is 0.473 e. The lowest BCUT2D eigenvalue weighted by molar-refractivity contribution is 0.309. The predicted octanol–water partition coefficient (Wildman–Crippen LogP) is 5.62. The van der Waals surface area contributed by atoms with Gasteiger partial charge in [0.1, 0.15) is 13.2 Å². The molecule has 2 atom stereocenters. The summed E-state index contributed by atoms with van der Waals surface area (Å²) in [5, 5.41) is 0. The molecular formula is C28H24N2O2. The first kappa shape index (κ1) is 18.2. The van der Waals surface area contributed by atoms with Crippen LogP contribution in [0.25, 0.3) is 0 Å². The molecule has 0 amide bonds. The van der Waals surface area contributed by atoms with E-state index in [0.29, 0.717) is 13.2 Å². The molecule has 0 unspecified atom stereocenters. The molecule has 32 heavy (non-hydrogen) atoms. The number of ether oxygens (including phenoxy) is 2. The highest BCUT2D eigenvalue weighted by atomic mass is 16.5. The van der Waals surface area contributed by atoms with Crippen LogP contribution in [0.4, 0.5) is 0 Å². The number of hydrogen-bond donors (Lipinski definition) is 0. The Morgan fingerprint density at radius 2 is 1.03 bits per heavy atom. The van der Waals surface area contributed by atoms with E-state index in [1.807, 2.05) is 0 Å². The van der Waals surface area contributed by atoms with Crippen LogP contribution in [0.15, 0.2) is 70.6 Å². The van der Waals surface area contributed by atoms with Gasteiger partial charge < -0.3 is 9.47 Å². The van der Waals surface area contributed by atoms with Gasteiger partial charge in [0.15, 0.2) is 0 Å². The van der Waals surface area contributed by atoms with Crippen LogP contribution in [-0.4, -0.2) is 11.8 Å². The van der Waals surface area contributed by atoms with Crippen LogP contribution in [0.2, 0.25) is 0 Å². The summed E-state index contributed by atoms with van der Waals surface area (Å²) in [4.78, 5) is 10.3. The molecule has 0 aromatic heterocycles. The van der Waals surface area contributed by atoms with Crippen LogP contribution >= 0.6 is 0 Å². The SMILES string of the molecule is c1ccc2c(c1)CO/C2=N\[C@@H]1CCc2ccc3c(c21)[C@H](/N=C1\OCc2ccccc21)CC3. The van der Waals surface area contributed by atoms with Gasteiger partial charge in [-0.05, 0) is 60.1 Å². The predicted molar refractivity (Wildman–Crippen MR) is 124 cm³/mol. The van der Waals surface area contributed by atoms with E-state index >= 15 is 0 Å². The van der Waals surface area contributed by atoms with Crippen LogP contribution in [0, 0.1) is 0 Å². The number of hydrogen-bond acceptors (Lipinski definition) is 4. The van der Waals surface area contributed by atoms with Crippen LogP contribution in [0.3, 0.4) is 0 Å². The average molecular weight is 421 g/mol. The van der Waals surface area contributed by atoms with Crippen molar-refractivity contribution in [1.29, 1.82) is 0 Å². The summed E-state index contributed by atoms with van der Waals surface area (Å²) >= 11 is 0. The van der Waals surface area contributed by atoms with Gasteiger partial charge >= 0.3 is 0 Å². The van der Waals surface area contributed by atoms with E-state index in [2.05, 4.69) is 60.7 Å². The fraction of sp³-hybridized carbons (Fsp3) is 0.286. The third-order valence-corrected chi connectivity index (χ3v) is 7.28. The summed E-state index contributed by atoms with van der Waals surface area (Å²) in [6, 6.07) is 21.7. The zero-order valence-electron chi connectivity index (χ0n) is 17.9.